The Hall–Kier alpha value is -1.01. The minimum Gasteiger partial charge on any atom is -0.330 e. The van der Waals surface area contributed by atoms with Crippen molar-refractivity contribution in [2.75, 3.05) is 13.1 Å². The molecule has 11 heavy (non-hydrogen) atoms. The zero-order valence-corrected chi connectivity index (χ0v) is 6.63. The second-order valence-corrected chi connectivity index (χ2v) is 2.67. The first-order valence-corrected chi connectivity index (χ1v) is 3.71. The number of amides is 1. The summed E-state index contributed by atoms with van der Waals surface area (Å²) in [6.07, 6.45) is 0.900. The van der Waals surface area contributed by atoms with Crippen molar-refractivity contribution in [2.45, 2.75) is 19.4 Å². The fraction of sp³-hybridized carbons (Fsp3) is 0.625. The minimum atomic E-state index is -0.0968. The molecule has 3 nitrogen and oxygen atoms in total. The molecule has 1 fully saturated rings. The van der Waals surface area contributed by atoms with Crippen LogP contribution < -0.4 is 5.73 Å². The number of carbonyl (C=O) groups is 1. The summed E-state index contributed by atoms with van der Waals surface area (Å²) >= 11 is 0. The summed E-state index contributed by atoms with van der Waals surface area (Å²) in [5.41, 5.74) is 5.62. The van der Waals surface area contributed by atoms with E-state index in [1.54, 1.807) is 11.8 Å². The quantitative estimate of drug-likeness (QED) is 0.479. The molecule has 0 aliphatic carbocycles. The number of nitrogens with zero attached hydrogens (tertiary/aromatic N) is 1. The fourth-order valence-corrected chi connectivity index (χ4v) is 1.16. The Labute approximate surface area is 66.5 Å². The highest BCUT2D eigenvalue weighted by Crippen LogP contribution is 2.05. The maximum atomic E-state index is 11.1. The van der Waals surface area contributed by atoms with Crippen LogP contribution in [0.25, 0.3) is 0 Å². The number of hydrogen-bond acceptors (Lipinski definition) is 2. The summed E-state index contributed by atoms with van der Waals surface area (Å²) in [7, 11) is 0. The van der Waals surface area contributed by atoms with E-state index in [-0.39, 0.29) is 11.9 Å². The number of carbonyl (C=O) groups excluding carboxylic acids is 1. The molecule has 1 aliphatic rings. The third-order valence-corrected chi connectivity index (χ3v) is 1.74. The predicted molar refractivity (Wildman–Crippen MR) is 42.6 cm³/mol. The molecular formula is C8H12N2O. The van der Waals surface area contributed by atoms with Crippen LogP contribution in [0.4, 0.5) is 0 Å². The van der Waals surface area contributed by atoms with Gasteiger partial charge in [0.2, 0.25) is 0 Å². The lowest BCUT2D eigenvalue weighted by atomic mass is 10.3. The lowest BCUT2D eigenvalue weighted by Crippen LogP contribution is -2.30. The second-order valence-electron chi connectivity index (χ2n) is 2.67. The smallest absolute Gasteiger partial charge is 0.298 e. The Kier molecular flexibility index (Phi) is 2.50. The highest BCUT2D eigenvalue weighted by atomic mass is 16.2. The van der Waals surface area contributed by atoms with Gasteiger partial charge in [-0.15, -0.1) is 0 Å². The van der Waals surface area contributed by atoms with Crippen LogP contribution in [0, 0.1) is 11.8 Å². The molecule has 0 spiro atoms. The molecule has 1 atom stereocenters. The van der Waals surface area contributed by atoms with E-state index in [1.165, 1.54) is 0 Å². The van der Waals surface area contributed by atoms with Crippen molar-refractivity contribution >= 4 is 5.91 Å². The fourth-order valence-electron chi connectivity index (χ4n) is 1.16. The van der Waals surface area contributed by atoms with E-state index in [4.69, 9.17) is 5.73 Å². The molecule has 0 bridgehead atoms. The van der Waals surface area contributed by atoms with Crippen molar-refractivity contribution in [1.29, 1.82) is 0 Å². The van der Waals surface area contributed by atoms with E-state index in [1.807, 2.05) is 0 Å². The van der Waals surface area contributed by atoms with E-state index >= 15 is 0 Å². The van der Waals surface area contributed by atoms with E-state index in [9.17, 15) is 4.79 Å². The molecule has 0 aromatic rings. The molecule has 1 heterocycles. The predicted octanol–water partition coefficient (Wildman–Crippen LogP) is -0.431. The van der Waals surface area contributed by atoms with Crippen molar-refractivity contribution in [3.05, 3.63) is 0 Å². The molecule has 0 saturated carbocycles. The van der Waals surface area contributed by atoms with Gasteiger partial charge in [0.15, 0.2) is 0 Å². The van der Waals surface area contributed by atoms with Crippen LogP contribution in [0.2, 0.25) is 0 Å². The SMILES string of the molecule is CC#CC(=O)N1CC[C@@H](N)C1. The van der Waals surface area contributed by atoms with E-state index in [0.29, 0.717) is 6.54 Å². The van der Waals surface area contributed by atoms with Crippen molar-refractivity contribution < 1.29 is 4.79 Å². The third-order valence-electron chi connectivity index (χ3n) is 1.74. The standard InChI is InChI=1S/C8H12N2O/c1-2-3-8(11)10-5-4-7(9)6-10/h7H,4-6,9H2,1H3/t7-/m1/s1. The Bertz CT molecular complexity index is 214. The highest BCUT2D eigenvalue weighted by Gasteiger charge is 2.21. The van der Waals surface area contributed by atoms with E-state index in [2.05, 4.69) is 11.8 Å². The molecule has 1 rings (SSSR count). The van der Waals surface area contributed by atoms with Crippen LogP contribution in [-0.4, -0.2) is 29.9 Å². The summed E-state index contributed by atoms with van der Waals surface area (Å²) < 4.78 is 0. The van der Waals surface area contributed by atoms with Crippen LogP contribution in [0.3, 0.4) is 0 Å². The minimum absolute atomic E-state index is 0.0968. The van der Waals surface area contributed by atoms with Crippen molar-refractivity contribution in [2.24, 2.45) is 5.73 Å². The molecular weight excluding hydrogens is 140 g/mol. The van der Waals surface area contributed by atoms with Crippen LogP contribution in [-0.2, 0) is 4.79 Å². The van der Waals surface area contributed by atoms with Gasteiger partial charge in [-0.1, -0.05) is 5.92 Å². The molecule has 2 N–H and O–H groups in total. The summed E-state index contributed by atoms with van der Waals surface area (Å²) in [6.45, 7) is 3.08. The van der Waals surface area contributed by atoms with Crippen molar-refractivity contribution in [1.82, 2.24) is 4.90 Å². The van der Waals surface area contributed by atoms with Gasteiger partial charge in [-0.05, 0) is 19.3 Å². The van der Waals surface area contributed by atoms with Crippen LogP contribution in [0.5, 0.6) is 0 Å². The average molecular weight is 152 g/mol. The molecule has 0 radical (unpaired) electrons. The van der Waals surface area contributed by atoms with Gasteiger partial charge in [0.1, 0.15) is 0 Å². The van der Waals surface area contributed by atoms with Gasteiger partial charge in [-0.2, -0.15) is 0 Å². The molecule has 0 aromatic carbocycles. The van der Waals surface area contributed by atoms with Crippen LogP contribution in [0.15, 0.2) is 0 Å². The van der Waals surface area contributed by atoms with Crippen molar-refractivity contribution in [3.8, 4) is 11.8 Å². The topological polar surface area (TPSA) is 46.3 Å². The molecule has 1 amide bonds. The van der Waals surface area contributed by atoms with Gasteiger partial charge in [0, 0.05) is 19.1 Å². The number of rotatable bonds is 0. The normalized spacial score (nSPS) is 22.7. The van der Waals surface area contributed by atoms with Crippen LogP contribution >= 0.6 is 0 Å². The van der Waals surface area contributed by atoms with Gasteiger partial charge in [0.05, 0.1) is 0 Å². The number of nitrogens with two attached hydrogens (primary N) is 1. The monoisotopic (exact) mass is 152 g/mol. The van der Waals surface area contributed by atoms with Gasteiger partial charge in [-0.25, -0.2) is 0 Å². The van der Waals surface area contributed by atoms with Crippen molar-refractivity contribution in [3.63, 3.8) is 0 Å². The van der Waals surface area contributed by atoms with Gasteiger partial charge in [-0.3, -0.25) is 4.79 Å². The highest BCUT2D eigenvalue weighted by molar-refractivity contribution is 5.93. The first kappa shape index (κ1) is 8.09. The Morgan fingerprint density at radius 1 is 1.73 bits per heavy atom. The summed E-state index contributed by atoms with van der Waals surface area (Å²) in [4.78, 5) is 12.8. The molecule has 60 valence electrons. The Morgan fingerprint density at radius 3 is 2.91 bits per heavy atom. The van der Waals surface area contributed by atoms with Gasteiger partial charge >= 0.3 is 0 Å². The first-order valence-electron chi connectivity index (χ1n) is 3.71. The maximum Gasteiger partial charge on any atom is 0.298 e. The number of hydrogen-bond donors (Lipinski definition) is 1. The summed E-state index contributed by atoms with van der Waals surface area (Å²) in [5, 5.41) is 0. The molecule has 0 aromatic heterocycles. The lowest BCUT2D eigenvalue weighted by Gasteiger charge is -2.10. The third kappa shape index (κ3) is 1.95. The summed E-state index contributed by atoms with van der Waals surface area (Å²) in [6, 6.07) is 0.151. The van der Waals surface area contributed by atoms with Crippen LogP contribution in [0.1, 0.15) is 13.3 Å². The molecule has 1 saturated heterocycles. The molecule has 3 heteroatoms. The van der Waals surface area contributed by atoms with Gasteiger partial charge in [0.25, 0.3) is 5.91 Å². The largest absolute Gasteiger partial charge is 0.330 e. The average Bonchev–Trinajstić information content (AvgIpc) is 2.36. The zero-order valence-electron chi connectivity index (χ0n) is 6.63. The lowest BCUT2D eigenvalue weighted by molar-refractivity contribution is -0.124. The Morgan fingerprint density at radius 2 is 2.45 bits per heavy atom. The second kappa shape index (κ2) is 3.40. The summed E-state index contributed by atoms with van der Waals surface area (Å²) in [5.74, 6) is 4.97. The number of likely N-dealkylation sites (tertiary alicyclic amines) is 1. The molecule has 1 aliphatic heterocycles. The maximum absolute atomic E-state index is 11.1. The zero-order chi connectivity index (χ0) is 8.27. The van der Waals surface area contributed by atoms with Gasteiger partial charge < -0.3 is 10.6 Å². The van der Waals surface area contributed by atoms with E-state index in [0.717, 1.165) is 13.0 Å². The molecule has 0 unspecified atom stereocenters. The Balaban J connectivity index is 2.47. The first-order chi connectivity index (χ1) is 5.24. The van der Waals surface area contributed by atoms with E-state index < -0.39 is 0 Å².